The predicted molar refractivity (Wildman–Crippen MR) is 115 cm³/mol. The Kier molecular flexibility index (Phi) is 6.03. The van der Waals surface area contributed by atoms with Crippen LogP contribution in [-0.4, -0.2) is 7.11 Å². The van der Waals surface area contributed by atoms with Crippen LogP contribution in [0.15, 0.2) is 69.9 Å². The van der Waals surface area contributed by atoms with Gasteiger partial charge in [0.1, 0.15) is 29.5 Å². The fraction of sp³-hybridized carbons (Fsp3) is 0.125. The number of hydrogen-bond acceptors (Lipinski definition) is 4. The van der Waals surface area contributed by atoms with Crippen LogP contribution in [0.5, 0.6) is 11.5 Å². The summed E-state index contributed by atoms with van der Waals surface area (Å²) in [4.78, 5) is 13.1. The third-order valence-corrected chi connectivity index (χ3v) is 5.30. The van der Waals surface area contributed by atoms with Crippen LogP contribution in [0, 0.1) is 5.82 Å². The van der Waals surface area contributed by atoms with Gasteiger partial charge in [-0.2, -0.15) is 13.2 Å². The quantitative estimate of drug-likeness (QED) is 0.294. The van der Waals surface area contributed by atoms with Gasteiger partial charge in [-0.25, -0.2) is 4.39 Å². The maximum absolute atomic E-state index is 14.0. The minimum atomic E-state index is -4.96. The third-order valence-electron chi connectivity index (χ3n) is 4.94. The van der Waals surface area contributed by atoms with Crippen molar-refractivity contribution in [3.05, 3.63) is 93.1 Å². The molecule has 0 saturated carbocycles. The lowest BCUT2D eigenvalue weighted by molar-refractivity contribution is -0.152. The average Bonchev–Trinajstić information content (AvgIpc) is 2.78. The van der Waals surface area contributed by atoms with Crippen LogP contribution >= 0.6 is 11.6 Å². The number of alkyl halides is 3. The Hall–Kier alpha value is -3.52. The number of halogens is 5. The molecular weight excluding hydrogens is 464 g/mol. The largest absolute Gasteiger partial charge is 0.496 e. The van der Waals surface area contributed by atoms with E-state index in [0.717, 1.165) is 6.07 Å². The molecule has 0 N–H and O–H groups in total. The summed E-state index contributed by atoms with van der Waals surface area (Å²) in [5.74, 6) is -1.88. The standard InChI is InChI=1S/C24H15ClF4O4/c1-31-19-8-3-2-5-14(19)21-22(30)15-10-9-13(11-20(15)33-23(21)24(27,28)29)32-12-16-17(25)6-4-7-18(16)26/h2-11H,12H2,1H3. The van der Waals surface area contributed by atoms with E-state index in [4.69, 9.17) is 25.5 Å². The van der Waals surface area contributed by atoms with Gasteiger partial charge in [0, 0.05) is 17.2 Å². The summed E-state index contributed by atoms with van der Waals surface area (Å²) in [5.41, 5.74) is -1.82. The van der Waals surface area contributed by atoms with Gasteiger partial charge in [-0.3, -0.25) is 4.79 Å². The molecule has 1 aromatic heterocycles. The fourth-order valence-corrected chi connectivity index (χ4v) is 3.60. The van der Waals surface area contributed by atoms with E-state index in [9.17, 15) is 22.4 Å². The van der Waals surface area contributed by atoms with Crippen LogP contribution in [0.4, 0.5) is 17.6 Å². The molecule has 0 atom stereocenters. The van der Waals surface area contributed by atoms with E-state index in [2.05, 4.69) is 0 Å². The molecule has 4 aromatic rings. The second kappa shape index (κ2) is 8.78. The normalized spacial score (nSPS) is 11.6. The molecule has 0 amide bonds. The zero-order valence-corrected chi connectivity index (χ0v) is 17.8. The Balaban J connectivity index is 1.83. The zero-order valence-electron chi connectivity index (χ0n) is 17.0. The second-order valence-electron chi connectivity index (χ2n) is 6.98. The van der Waals surface area contributed by atoms with Crippen LogP contribution in [0.2, 0.25) is 5.02 Å². The van der Waals surface area contributed by atoms with Crippen molar-refractivity contribution in [3.63, 3.8) is 0 Å². The van der Waals surface area contributed by atoms with Gasteiger partial charge in [0.15, 0.2) is 0 Å². The van der Waals surface area contributed by atoms with E-state index >= 15 is 0 Å². The molecule has 9 heteroatoms. The number of para-hydroxylation sites is 1. The lowest BCUT2D eigenvalue weighted by atomic mass is 10.0. The Labute approximate surface area is 189 Å². The summed E-state index contributed by atoms with van der Waals surface area (Å²) in [7, 11) is 1.29. The molecule has 170 valence electrons. The molecular formula is C24H15ClF4O4. The molecule has 0 unspecified atom stereocenters. The first-order chi connectivity index (χ1) is 15.7. The van der Waals surface area contributed by atoms with E-state index in [1.807, 2.05) is 0 Å². The Morgan fingerprint density at radius 2 is 1.79 bits per heavy atom. The highest BCUT2D eigenvalue weighted by molar-refractivity contribution is 6.31. The molecule has 4 rings (SSSR count). The van der Waals surface area contributed by atoms with E-state index < -0.39 is 28.7 Å². The molecule has 0 bridgehead atoms. The number of benzene rings is 3. The number of fused-ring (bicyclic) bond motifs is 1. The molecule has 0 saturated heterocycles. The van der Waals surface area contributed by atoms with Crippen molar-refractivity contribution in [2.24, 2.45) is 0 Å². The van der Waals surface area contributed by atoms with E-state index in [1.165, 1.54) is 55.6 Å². The Morgan fingerprint density at radius 1 is 1.03 bits per heavy atom. The van der Waals surface area contributed by atoms with Gasteiger partial charge in [0.05, 0.1) is 23.1 Å². The van der Waals surface area contributed by atoms with Gasteiger partial charge in [0.25, 0.3) is 0 Å². The van der Waals surface area contributed by atoms with E-state index in [0.29, 0.717) is 0 Å². The molecule has 0 aliphatic heterocycles. The summed E-state index contributed by atoms with van der Waals surface area (Å²) < 4.78 is 71.4. The monoisotopic (exact) mass is 478 g/mol. The van der Waals surface area contributed by atoms with Crippen molar-refractivity contribution in [3.8, 4) is 22.6 Å². The van der Waals surface area contributed by atoms with Gasteiger partial charge >= 0.3 is 6.18 Å². The number of hydrogen-bond donors (Lipinski definition) is 0. The van der Waals surface area contributed by atoms with Gasteiger partial charge in [0.2, 0.25) is 11.2 Å². The Bertz CT molecular complexity index is 1380. The molecule has 0 spiro atoms. The molecule has 3 aromatic carbocycles. The van der Waals surface area contributed by atoms with Crippen molar-refractivity contribution in [2.75, 3.05) is 7.11 Å². The van der Waals surface area contributed by atoms with Crippen molar-refractivity contribution in [2.45, 2.75) is 12.8 Å². The number of rotatable bonds is 5. The van der Waals surface area contributed by atoms with Gasteiger partial charge in [-0.15, -0.1) is 0 Å². The lowest BCUT2D eigenvalue weighted by Crippen LogP contribution is -2.16. The first-order valence-electron chi connectivity index (χ1n) is 9.58. The van der Waals surface area contributed by atoms with Crippen molar-refractivity contribution in [1.29, 1.82) is 0 Å². The number of methoxy groups -OCH3 is 1. The highest BCUT2D eigenvalue weighted by Crippen LogP contribution is 2.40. The molecule has 0 radical (unpaired) electrons. The van der Waals surface area contributed by atoms with Gasteiger partial charge in [-0.1, -0.05) is 35.9 Å². The molecule has 0 aliphatic carbocycles. The number of ether oxygens (including phenoxy) is 2. The zero-order chi connectivity index (χ0) is 23.8. The predicted octanol–water partition coefficient (Wildman–Crippen LogP) is 6.86. The smallest absolute Gasteiger partial charge is 0.450 e. The van der Waals surface area contributed by atoms with Crippen LogP contribution in [0.3, 0.4) is 0 Å². The summed E-state index contributed by atoms with van der Waals surface area (Å²) in [5, 5.41) is 0.0586. The summed E-state index contributed by atoms with van der Waals surface area (Å²) in [6, 6.07) is 13.8. The molecule has 0 aliphatic rings. The van der Waals surface area contributed by atoms with E-state index in [1.54, 1.807) is 6.07 Å². The highest BCUT2D eigenvalue weighted by Gasteiger charge is 2.40. The van der Waals surface area contributed by atoms with Gasteiger partial charge in [-0.05, 0) is 30.3 Å². The molecule has 0 fully saturated rings. The van der Waals surface area contributed by atoms with Crippen LogP contribution in [0.25, 0.3) is 22.1 Å². The summed E-state index contributed by atoms with van der Waals surface area (Å²) >= 11 is 5.97. The SMILES string of the molecule is COc1ccccc1-c1c(C(F)(F)F)oc2cc(OCc3c(F)cccc3Cl)ccc2c1=O. The maximum Gasteiger partial charge on any atom is 0.450 e. The van der Waals surface area contributed by atoms with Crippen molar-refractivity contribution >= 4 is 22.6 Å². The topological polar surface area (TPSA) is 48.7 Å². The van der Waals surface area contributed by atoms with Gasteiger partial charge < -0.3 is 13.9 Å². The maximum atomic E-state index is 14.0. The molecule has 33 heavy (non-hydrogen) atoms. The first-order valence-corrected chi connectivity index (χ1v) is 9.95. The highest BCUT2D eigenvalue weighted by atomic mass is 35.5. The Morgan fingerprint density at radius 3 is 2.48 bits per heavy atom. The fourth-order valence-electron chi connectivity index (χ4n) is 3.38. The third kappa shape index (κ3) is 4.39. The van der Waals surface area contributed by atoms with Crippen LogP contribution in [-0.2, 0) is 12.8 Å². The second-order valence-corrected chi connectivity index (χ2v) is 7.39. The van der Waals surface area contributed by atoms with Crippen molar-refractivity contribution in [1.82, 2.24) is 0 Å². The summed E-state index contributed by atoms with van der Waals surface area (Å²) in [6.45, 7) is -0.271. The lowest BCUT2D eigenvalue weighted by Gasteiger charge is -2.15. The minimum absolute atomic E-state index is 0.0440. The van der Waals surface area contributed by atoms with E-state index in [-0.39, 0.29) is 45.2 Å². The molecule has 4 nitrogen and oxygen atoms in total. The first kappa shape index (κ1) is 22.7. The molecule has 1 heterocycles. The minimum Gasteiger partial charge on any atom is -0.496 e. The van der Waals surface area contributed by atoms with Crippen molar-refractivity contribution < 1.29 is 31.5 Å². The summed E-state index contributed by atoms with van der Waals surface area (Å²) in [6.07, 6.45) is -4.96. The average molecular weight is 479 g/mol. The van der Waals surface area contributed by atoms with Crippen LogP contribution < -0.4 is 14.9 Å². The van der Waals surface area contributed by atoms with Crippen LogP contribution in [0.1, 0.15) is 11.3 Å².